The number of aryl methyl sites for hydroxylation is 1. The first-order chi connectivity index (χ1) is 7.11. The van der Waals surface area contributed by atoms with Gasteiger partial charge in [-0.15, -0.1) is 0 Å². The van der Waals surface area contributed by atoms with E-state index in [1.807, 2.05) is 13.8 Å². The van der Waals surface area contributed by atoms with Crippen LogP contribution in [-0.4, -0.2) is 18.5 Å². The highest BCUT2D eigenvalue weighted by atomic mass is 16.3. The fourth-order valence-corrected chi connectivity index (χ4v) is 1.31. The second-order valence-corrected chi connectivity index (χ2v) is 3.81. The molecule has 1 rings (SSSR count). The molecule has 0 aromatic carbocycles. The molecule has 15 heavy (non-hydrogen) atoms. The molecule has 1 aromatic heterocycles. The van der Waals surface area contributed by atoms with Crippen LogP contribution in [-0.2, 0) is 0 Å². The van der Waals surface area contributed by atoms with Crippen LogP contribution in [0.15, 0.2) is 16.7 Å². The average molecular weight is 210 g/mol. The van der Waals surface area contributed by atoms with Crippen LogP contribution >= 0.6 is 0 Å². The van der Waals surface area contributed by atoms with Crippen LogP contribution in [0.3, 0.4) is 0 Å². The maximum absolute atomic E-state index is 11.5. The van der Waals surface area contributed by atoms with Crippen molar-refractivity contribution in [1.29, 1.82) is 0 Å². The molecule has 0 aliphatic heterocycles. The molecule has 0 aliphatic rings. The van der Waals surface area contributed by atoms with Crippen molar-refractivity contribution in [3.8, 4) is 0 Å². The number of rotatable bonds is 5. The Morgan fingerprint density at radius 3 is 2.93 bits per heavy atom. The lowest BCUT2D eigenvalue weighted by Crippen LogP contribution is -2.26. The van der Waals surface area contributed by atoms with Gasteiger partial charge in [-0.25, -0.2) is 0 Å². The molecule has 4 nitrogen and oxygen atoms in total. The molecule has 0 spiro atoms. The summed E-state index contributed by atoms with van der Waals surface area (Å²) < 4.78 is 5.07. The van der Waals surface area contributed by atoms with Gasteiger partial charge < -0.3 is 15.5 Å². The molecule has 1 unspecified atom stereocenters. The van der Waals surface area contributed by atoms with E-state index < -0.39 is 0 Å². The Kier molecular flexibility index (Phi) is 4.37. The summed E-state index contributed by atoms with van der Waals surface area (Å²) in [5.41, 5.74) is 6.46. The fraction of sp³-hybridized carbons (Fsp3) is 0.545. The molecule has 0 radical (unpaired) electrons. The Balaban J connectivity index is 2.28. The average Bonchev–Trinajstić information content (AvgIpc) is 2.58. The summed E-state index contributed by atoms with van der Waals surface area (Å²) in [5, 5.41) is 2.79. The van der Waals surface area contributed by atoms with Crippen molar-refractivity contribution in [3.63, 3.8) is 0 Å². The Hall–Kier alpha value is -1.29. The van der Waals surface area contributed by atoms with Crippen LogP contribution in [0.2, 0.25) is 0 Å². The lowest BCUT2D eigenvalue weighted by Gasteiger charge is -2.05. The van der Waals surface area contributed by atoms with E-state index >= 15 is 0 Å². The van der Waals surface area contributed by atoms with Gasteiger partial charge in [-0.2, -0.15) is 0 Å². The largest absolute Gasteiger partial charge is 0.459 e. The summed E-state index contributed by atoms with van der Waals surface area (Å²) in [6, 6.07) is 1.96. The quantitative estimate of drug-likeness (QED) is 0.723. The predicted octanol–water partition coefficient (Wildman–Crippen LogP) is 1.45. The number of furan rings is 1. The molecule has 84 valence electrons. The molecule has 1 heterocycles. The zero-order valence-corrected chi connectivity index (χ0v) is 9.25. The first kappa shape index (κ1) is 11.8. The number of hydrogen-bond acceptors (Lipinski definition) is 3. The van der Waals surface area contributed by atoms with E-state index in [0.717, 1.165) is 18.4 Å². The second-order valence-electron chi connectivity index (χ2n) is 3.81. The Morgan fingerprint density at radius 2 is 2.40 bits per heavy atom. The smallest absolute Gasteiger partial charge is 0.287 e. The summed E-state index contributed by atoms with van der Waals surface area (Å²) in [5.74, 6) is 0.248. The molecule has 0 fully saturated rings. The van der Waals surface area contributed by atoms with Gasteiger partial charge in [0, 0.05) is 18.2 Å². The van der Waals surface area contributed by atoms with Crippen molar-refractivity contribution in [2.24, 2.45) is 5.73 Å². The molecule has 1 atom stereocenters. The highest BCUT2D eigenvalue weighted by Gasteiger charge is 2.11. The van der Waals surface area contributed by atoms with Crippen molar-refractivity contribution in [3.05, 3.63) is 23.7 Å². The Labute approximate surface area is 89.8 Å². The van der Waals surface area contributed by atoms with Gasteiger partial charge in [-0.05, 0) is 32.8 Å². The van der Waals surface area contributed by atoms with Gasteiger partial charge in [-0.3, -0.25) is 4.79 Å². The van der Waals surface area contributed by atoms with Crippen molar-refractivity contribution in [2.75, 3.05) is 6.54 Å². The zero-order valence-electron chi connectivity index (χ0n) is 9.25. The third-order valence-electron chi connectivity index (χ3n) is 2.19. The van der Waals surface area contributed by atoms with Crippen LogP contribution in [0.25, 0.3) is 0 Å². The van der Waals surface area contributed by atoms with E-state index in [-0.39, 0.29) is 11.9 Å². The van der Waals surface area contributed by atoms with Crippen LogP contribution < -0.4 is 11.1 Å². The van der Waals surface area contributed by atoms with E-state index in [0.29, 0.717) is 12.3 Å². The van der Waals surface area contributed by atoms with Crippen molar-refractivity contribution < 1.29 is 9.21 Å². The van der Waals surface area contributed by atoms with Crippen LogP contribution in [0.5, 0.6) is 0 Å². The Morgan fingerprint density at radius 1 is 1.67 bits per heavy atom. The van der Waals surface area contributed by atoms with E-state index in [2.05, 4.69) is 5.32 Å². The summed E-state index contributed by atoms with van der Waals surface area (Å²) in [7, 11) is 0. The van der Waals surface area contributed by atoms with Gasteiger partial charge in [0.15, 0.2) is 5.76 Å². The highest BCUT2D eigenvalue weighted by Crippen LogP contribution is 2.07. The highest BCUT2D eigenvalue weighted by molar-refractivity contribution is 5.92. The summed E-state index contributed by atoms with van der Waals surface area (Å²) in [4.78, 5) is 11.5. The van der Waals surface area contributed by atoms with E-state index in [1.54, 1.807) is 6.07 Å². The normalized spacial score (nSPS) is 12.5. The maximum atomic E-state index is 11.5. The van der Waals surface area contributed by atoms with Gasteiger partial charge in [0.05, 0.1) is 6.26 Å². The molecule has 0 aliphatic carbocycles. The number of amides is 1. The van der Waals surface area contributed by atoms with E-state index in [9.17, 15) is 4.79 Å². The molecule has 0 bridgehead atoms. The third kappa shape index (κ3) is 3.75. The molecule has 4 heteroatoms. The SMILES string of the molecule is Cc1ccoc1C(=O)NCCCC(C)N. The van der Waals surface area contributed by atoms with Gasteiger partial charge in [-0.1, -0.05) is 0 Å². The first-order valence-corrected chi connectivity index (χ1v) is 5.19. The first-order valence-electron chi connectivity index (χ1n) is 5.19. The third-order valence-corrected chi connectivity index (χ3v) is 2.19. The fourth-order valence-electron chi connectivity index (χ4n) is 1.31. The van der Waals surface area contributed by atoms with Crippen LogP contribution in [0, 0.1) is 6.92 Å². The zero-order chi connectivity index (χ0) is 11.3. The van der Waals surface area contributed by atoms with Gasteiger partial charge in [0.25, 0.3) is 5.91 Å². The monoisotopic (exact) mass is 210 g/mol. The number of carbonyl (C=O) groups excluding carboxylic acids is 1. The summed E-state index contributed by atoms with van der Waals surface area (Å²) in [6.45, 7) is 4.44. The van der Waals surface area contributed by atoms with Crippen molar-refractivity contribution in [1.82, 2.24) is 5.32 Å². The van der Waals surface area contributed by atoms with Gasteiger partial charge >= 0.3 is 0 Å². The molecule has 0 saturated carbocycles. The minimum atomic E-state index is -0.151. The van der Waals surface area contributed by atoms with E-state index in [4.69, 9.17) is 10.2 Å². The minimum Gasteiger partial charge on any atom is -0.459 e. The number of nitrogens with one attached hydrogen (secondary N) is 1. The molecular weight excluding hydrogens is 192 g/mol. The van der Waals surface area contributed by atoms with Crippen LogP contribution in [0.1, 0.15) is 35.9 Å². The topological polar surface area (TPSA) is 68.3 Å². The van der Waals surface area contributed by atoms with Gasteiger partial charge in [0.1, 0.15) is 0 Å². The maximum Gasteiger partial charge on any atom is 0.287 e. The van der Waals surface area contributed by atoms with Crippen molar-refractivity contribution >= 4 is 5.91 Å². The summed E-state index contributed by atoms with van der Waals surface area (Å²) in [6.07, 6.45) is 3.33. The lowest BCUT2D eigenvalue weighted by molar-refractivity contribution is 0.0924. The predicted molar refractivity (Wildman–Crippen MR) is 58.7 cm³/mol. The molecular formula is C11H18N2O2. The standard InChI is InChI=1S/C11H18N2O2/c1-8-5-7-15-10(8)11(14)13-6-3-4-9(2)12/h5,7,9H,3-4,6,12H2,1-2H3,(H,13,14). The molecule has 0 saturated heterocycles. The minimum absolute atomic E-state index is 0.151. The Bertz CT molecular complexity index is 318. The van der Waals surface area contributed by atoms with Crippen LogP contribution in [0.4, 0.5) is 0 Å². The van der Waals surface area contributed by atoms with Gasteiger partial charge in [0.2, 0.25) is 0 Å². The molecule has 1 amide bonds. The number of carbonyl (C=O) groups is 1. The molecule has 3 N–H and O–H groups in total. The van der Waals surface area contributed by atoms with E-state index in [1.165, 1.54) is 6.26 Å². The molecule has 1 aromatic rings. The number of nitrogens with two attached hydrogens (primary N) is 1. The van der Waals surface area contributed by atoms with Crippen molar-refractivity contribution in [2.45, 2.75) is 32.7 Å². The lowest BCUT2D eigenvalue weighted by atomic mass is 10.2. The second kappa shape index (κ2) is 5.56. The number of hydrogen-bond donors (Lipinski definition) is 2. The summed E-state index contributed by atoms with van der Waals surface area (Å²) >= 11 is 0.